The van der Waals surface area contributed by atoms with Crippen molar-refractivity contribution in [2.45, 2.75) is 26.3 Å². The summed E-state index contributed by atoms with van der Waals surface area (Å²) in [5.74, 6) is 0.714. The summed E-state index contributed by atoms with van der Waals surface area (Å²) in [6.45, 7) is 3.73. The zero-order chi connectivity index (χ0) is 12.1. The second kappa shape index (κ2) is 7.14. The van der Waals surface area contributed by atoms with Crippen LogP contribution in [0.5, 0.6) is 5.75 Å². The highest BCUT2D eigenvalue weighted by molar-refractivity contribution is 5.91. The molecule has 1 unspecified atom stereocenters. The molecule has 96 valence electrons. The van der Waals surface area contributed by atoms with E-state index >= 15 is 0 Å². The predicted molar refractivity (Wildman–Crippen MR) is 71.9 cm³/mol. The first kappa shape index (κ1) is 15.7. The summed E-state index contributed by atoms with van der Waals surface area (Å²) in [5, 5.41) is 2.82. The number of rotatable bonds is 4. The number of hydrogen-bond donors (Lipinski definition) is 2. The third-order valence-corrected chi connectivity index (χ3v) is 2.22. The van der Waals surface area contributed by atoms with Crippen molar-refractivity contribution in [1.82, 2.24) is 0 Å². The molecule has 1 aromatic carbocycles. The van der Waals surface area contributed by atoms with Crippen LogP contribution in [0.2, 0.25) is 0 Å². The molecule has 0 fully saturated rings. The highest BCUT2D eigenvalue weighted by Gasteiger charge is 2.07. The van der Waals surface area contributed by atoms with Gasteiger partial charge in [-0.15, -0.1) is 12.4 Å². The Hall–Kier alpha value is -1.26. The van der Waals surface area contributed by atoms with E-state index in [1.165, 1.54) is 0 Å². The topological polar surface area (TPSA) is 64.3 Å². The number of hydrogen-bond acceptors (Lipinski definition) is 3. The van der Waals surface area contributed by atoms with Gasteiger partial charge in [0.25, 0.3) is 0 Å². The zero-order valence-electron chi connectivity index (χ0n) is 10.3. The van der Waals surface area contributed by atoms with Crippen LogP contribution in [0.15, 0.2) is 18.2 Å². The number of nitrogens with one attached hydrogen (secondary N) is 1. The number of nitrogens with two attached hydrogens (primary N) is 1. The number of carbonyl (C=O) groups excluding carboxylic acids is 1. The molecule has 0 saturated heterocycles. The Balaban J connectivity index is 0.00000256. The normalized spacial score (nSPS) is 11.3. The molecule has 1 rings (SSSR count). The minimum Gasteiger partial charge on any atom is -0.497 e. The van der Waals surface area contributed by atoms with Crippen LogP contribution in [0.4, 0.5) is 5.69 Å². The lowest BCUT2D eigenvalue weighted by atomic mass is 10.1. The van der Waals surface area contributed by atoms with Crippen molar-refractivity contribution in [2.75, 3.05) is 12.4 Å². The number of halogens is 1. The highest BCUT2D eigenvalue weighted by atomic mass is 35.5. The summed E-state index contributed by atoms with van der Waals surface area (Å²) in [6.07, 6.45) is 0.325. The first-order valence-electron chi connectivity index (χ1n) is 5.23. The van der Waals surface area contributed by atoms with Crippen LogP contribution in [0.25, 0.3) is 0 Å². The van der Waals surface area contributed by atoms with Crippen LogP contribution < -0.4 is 15.8 Å². The Bertz CT molecular complexity index is 381. The third-order valence-electron chi connectivity index (χ3n) is 2.22. The second-order valence-corrected chi connectivity index (χ2v) is 3.91. The van der Waals surface area contributed by atoms with Crippen LogP contribution in [-0.4, -0.2) is 19.1 Å². The maximum absolute atomic E-state index is 11.5. The van der Waals surface area contributed by atoms with Crippen LogP contribution in [0, 0.1) is 6.92 Å². The van der Waals surface area contributed by atoms with Gasteiger partial charge in [0.15, 0.2) is 0 Å². The smallest absolute Gasteiger partial charge is 0.225 e. The summed E-state index contributed by atoms with van der Waals surface area (Å²) in [5.41, 5.74) is 7.32. The number of ether oxygens (including phenoxy) is 1. The van der Waals surface area contributed by atoms with Gasteiger partial charge in [-0.1, -0.05) is 0 Å². The second-order valence-electron chi connectivity index (χ2n) is 3.91. The fourth-order valence-corrected chi connectivity index (χ4v) is 1.40. The summed E-state index contributed by atoms with van der Waals surface area (Å²) in [4.78, 5) is 11.5. The molecule has 0 bridgehead atoms. The van der Waals surface area contributed by atoms with E-state index in [1.54, 1.807) is 14.0 Å². The fourth-order valence-electron chi connectivity index (χ4n) is 1.40. The van der Waals surface area contributed by atoms with Gasteiger partial charge in [-0.05, 0) is 37.6 Å². The first-order valence-corrected chi connectivity index (χ1v) is 5.23. The average Bonchev–Trinajstić information content (AvgIpc) is 2.19. The lowest BCUT2D eigenvalue weighted by molar-refractivity contribution is -0.116. The third kappa shape index (κ3) is 5.06. The van der Waals surface area contributed by atoms with Gasteiger partial charge in [-0.25, -0.2) is 0 Å². The number of methoxy groups -OCH3 is 1. The molecular formula is C12H19ClN2O2. The quantitative estimate of drug-likeness (QED) is 0.869. The summed E-state index contributed by atoms with van der Waals surface area (Å²) in [7, 11) is 1.61. The van der Waals surface area contributed by atoms with Crippen molar-refractivity contribution in [2.24, 2.45) is 5.73 Å². The lowest BCUT2D eigenvalue weighted by Gasteiger charge is -2.10. The molecule has 0 aliphatic heterocycles. The Labute approximate surface area is 108 Å². The van der Waals surface area contributed by atoms with E-state index in [9.17, 15) is 4.79 Å². The van der Waals surface area contributed by atoms with Crippen molar-refractivity contribution in [3.63, 3.8) is 0 Å². The van der Waals surface area contributed by atoms with Gasteiger partial charge in [0.2, 0.25) is 5.91 Å². The van der Waals surface area contributed by atoms with E-state index in [0.29, 0.717) is 6.42 Å². The highest BCUT2D eigenvalue weighted by Crippen LogP contribution is 2.21. The SMILES string of the molecule is COc1ccc(NC(=O)CC(C)N)c(C)c1.Cl. The number of anilines is 1. The molecule has 0 aromatic heterocycles. The van der Waals surface area contributed by atoms with Gasteiger partial charge in [0.05, 0.1) is 7.11 Å². The molecule has 17 heavy (non-hydrogen) atoms. The van der Waals surface area contributed by atoms with E-state index in [4.69, 9.17) is 10.5 Å². The molecule has 1 aromatic rings. The Morgan fingerprint density at radius 2 is 2.18 bits per heavy atom. The molecule has 0 heterocycles. The fraction of sp³-hybridized carbons (Fsp3) is 0.417. The van der Waals surface area contributed by atoms with Crippen LogP contribution in [0.3, 0.4) is 0 Å². The van der Waals surface area contributed by atoms with Crippen LogP contribution in [-0.2, 0) is 4.79 Å². The molecule has 0 aliphatic rings. The largest absolute Gasteiger partial charge is 0.497 e. The van der Waals surface area contributed by atoms with E-state index < -0.39 is 0 Å². The number of carbonyl (C=O) groups is 1. The lowest BCUT2D eigenvalue weighted by Crippen LogP contribution is -2.24. The summed E-state index contributed by atoms with van der Waals surface area (Å²) in [6, 6.07) is 5.39. The predicted octanol–water partition coefficient (Wildman–Crippen LogP) is 2.10. The number of benzene rings is 1. The van der Waals surface area contributed by atoms with Crippen molar-refractivity contribution in [1.29, 1.82) is 0 Å². The Morgan fingerprint density at radius 1 is 1.53 bits per heavy atom. The molecule has 1 amide bonds. The molecule has 1 atom stereocenters. The van der Waals surface area contributed by atoms with Crippen molar-refractivity contribution in [3.05, 3.63) is 23.8 Å². The van der Waals surface area contributed by atoms with Crippen LogP contribution >= 0.6 is 12.4 Å². The maximum atomic E-state index is 11.5. The number of aryl methyl sites for hydroxylation is 1. The summed E-state index contributed by atoms with van der Waals surface area (Å²) < 4.78 is 5.09. The Morgan fingerprint density at radius 3 is 2.65 bits per heavy atom. The van der Waals surface area contributed by atoms with Crippen molar-refractivity contribution < 1.29 is 9.53 Å². The van der Waals surface area contributed by atoms with E-state index in [-0.39, 0.29) is 24.4 Å². The molecule has 3 N–H and O–H groups in total. The molecule has 5 heteroatoms. The minimum absolute atomic E-state index is 0. The van der Waals surface area contributed by atoms with Gasteiger partial charge in [0.1, 0.15) is 5.75 Å². The van der Waals surface area contributed by atoms with Gasteiger partial charge in [-0.2, -0.15) is 0 Å². The van der Waals surface area contributed by atoms with Gasteiger partial charge < -0.3 is 15.8 Å². The van der Waals surface area contributed by atoms with E-state index in [1.807, 2.05) is 25.1 Å². The standard InChI is InChI=1S/C12H18N2O2.ClH/c1-8-6-10(16-3)4-5-11(8)14-12(15)7-9(2)13;/h4-6,9H,7,13H2,1-3H3,(H,14,15);1H. The minimum atomic E-state index is -0.126. The number of amides is 1. The molecule has 0 aliphatic carbocycles. The van der Waals surface area contributed by atoms with E-state index in [0.717, 1.165) is 17.0 Å². The maximum Gasteiger partial charge on any atom is 0.225 e. The zero-order valence-corrected chi connectivity index (χ0v) is 11.1. The molecule has 4 nitrogen and oxygen atoms in total. The molecular weight excluding hydrogens is 240 g/mol. The first-order chi connectivity index (χ1) is 7.52. The van der Waals surface area contributed by atoms with Gasteiger partial charge in [-0.3, -0.25) is 4.79 Å². The average molecular weight is 259 g/mol. The van der Waals surface area contributed by atoms with Gasteiger partial charge >= 0.3 is 0 Å². The molecule has 0 saturated carbocycles. The van der Waals surface area contributed by atoms with Crippen molar-refractivity contribution in [3.8, 4) is 5.75 Å². The van der Waals surface area contributed by atoms with Gasteiger partial charge in [0, 0.05) is 18.2 Å². The summed E-state index contributed by atoms with van der Waals surface area (Å²) >= 11 is 0. The molecule has 0 spiro atoms. The van der Waals surface area contributed by atoms with Crippen LogP contribution in [0.1, 0.15) is 18.9 Å². The van der Waals surface area contributed by atoms with Crippen molar-refractivity contribution >= 4 is 24.0 Å². The molecule has 0 radical (unpaired) electrons. The Kier molecular flexibility index (Phi) is 6.61. The monoisotopic (exact) mass is 258 g/mol. The van der Waals surface area contributed by atoms with E-state index in [2.05, 4.69) is 5.32 Å².